The van der Waals surface area contributed by atoms with Crippen LogP contribution < -0.4 is 5.32 Å². The minimum Gasteiger partial charge on any atom is -0.352 e. The van der Waals surface area contributed by atoms with Crippen LogP contribution in [-0.4, -0.2) is 15.9 Å². The van der Waals surface area contributed by atoms with Crippen LogP contribution in [0, 0.1) is 11.7 Å². The summed E-state index contributed by atoms with van der Waals surface area (Å²) in [7, 11) is 0. The molecule has 1 aromatic carbocycles. The summed E-state index contributed by atoms with van der Waals surface area (Å²) in [6.07, 6.45) is 5.81. The van der Waals surface area contributed by atoms with Crippen LogP contribution in [0.15, 0.2) is 48.8 Å². The van der Waals surface area contributed by atoms with Gasteiger partial charge in [0.25, 0.3) is 0 Å². The third kappa shape index (κ3) is 3.51. The summed E-state index contributed by atoms with van der Waals surface area (Å²) in [6.45, 7) is 0.221. The quantitative estimate of drug-likeness (QED) is 0.764. The van der Waals surface area contributed by atoms with Crippen LogP contribution in [0.3, 0.4) is 0 Å². The van der Waals surface area contributed by atoms with Crippen LogP contribution in [0.5, 0.6) is 0 Å². The first-order chi connectivity index (χ1) is 12.7. The number of carbonyl (C=O) groups is 1. The second-order valence-electron chi connectivity index (χ2n) is 6.38. The predicted molar refractivity (Wildman–Crippen MR) is 99.1 cm³/mol. The Hall–Kier alpha value is -2.60. The SMILES string of the molecule is O=C(NCc1ccccc1F)C1CCc2nc(-c3cccnc3)sc2C1. The zero-order valence-electron chi connectivity index (χ0n) is 14.1. The fourth-order valence-electron chi connectivity index (χ4n) is 3.18. The van der Waals surface area contributed by atoms with Gasteiger partial charge in [0, 0.05) is 40.9 Å². The number of thiazole rings is 1. The molecule has 6 heteroatoms. The molecule has 0 aliphatic heterocycles. The molecular weight excluding hydrogens is 349 g/mol. The molecule has 1 atom stereocenters. The Kier molecular flexibility index (Phi) is 4.75. The number of rotatable bonds is 4. The molecule has 26 heavy (non-hydrogen) atoms. The van der Waals surface area contributed by atoms with Crippen molar-refractivity contribution in [3.8, 4) is 10.6 Å². The molecule has 0 radical (unpaired) electrons. The molecule has 1 amide bonds. The summed E-state index contributed by atoms with van der Waals surface area (Å²) in [5.41, 5.74) is 2.61. The Morgan fingerprint density at radius 1 is 1.27 bits per heavy atom. The lowest BCUT2D eigenvalue weighted by molar-refractivity contribution is -0.125. The van der Waals surface area contributed by atoms with Gasteiger partial charge in [-0.1, -0.05) is 18.2 Å². The highest BCUT2D eigenvalue weighted by atomic mass is 32.1. The highest BCUT2D eigenvalue weighted by Gasteiger charge is 2.27. The maximum absolute atomic E-state index is 13.7. The van der Waals surface area contributed by atoms with Crippen molar-refractivity contribution in [2.24, 2.45) is 5.92 Å². The lowest BCUT2D eigenvalue weighted by atomic mass is 9.90. The zero-order valence-corrected chi connectivity index (χ0v) is 14.9. The van der Waals surface area contributed by atoms with Gasteiger partial charge in [0.05, 0.1) is 5.69 Å². The number of hydrogen-bond acceptors (Lipinski definition) is 4. The number of carbonyl (C=O) groups excluding carboxylic acids is 1. The van der Waals surface area contributed by atoms with Crippen LogP contribution in [0.4, 0.5) is 4.39 Å². The van der Waals surface area contributed by atoms with E-state index in [1.807, 2.05) is 18.3 Å². The van der Waals surface area contributed by atoms with E-state index in [1.165, 1.54) is 10.9 Å². The topological polar surface area (TPSA) is 54.9 Å². The molecule has 2 heterocycles. The van der Waals surface area contributed by atoms with Crippen molar-refractivity contribution in [2.75, 3.05) is 0 Å². The minimum absolute atomic E-state index is 0.0183. The zero-order chi connectivity index (χ0) is 17.9. The standard InChI is InChI=1S/C20H18FN3OS/c21-16-6-2-1-4-14(16)12-23-19(25)13-7-8-17-18(10-13)26-20(24-17)15-5-3-9-22-11-15/h1-6,9,11,13H,7-8,10,12H2,(H,23,25). The molecule has 3 aromatic rings. The Morgan fingerprint density at radius 3 is 2.96 bits per heavy atom. The van der Waals surface area contributed by atoms with Gasteiger partial charge in [-0.2, -0.15) is 0 Å². The smallest absolute Gasteiger partial charge is 0.223 e. The summed E-state index contributed by atoms with van der Waals surface area (Å²) in [4.78, 5) is 22.5. The van der Waals surface area contributed by atoms with Crippen LogP contribution in [0.1, 0.15) is 22.6 Å². The van der Waals surface area contributed by atoms with Gasteiger partial charge in [-0.3, -0.25) is 9.78 Å². The van der Waals surface area contributed by atoms with Gasteiger partial charge in [-0.25, -0.2) is 9.37 Å². The number of amides is 1. The lowest BCUT2D eigenvalue weighted by Gasteiger charge is -2.20. The largest absolute Gasteiger partial charge is 0.352 e. The Bertz CT molecular complexity index is 926. The molecule has 1 unspecified atom stereocenters. The fraction of sp³-hybridized carbons (Fsp3) is 0.250. The van der Waals surface area contributed by atoms with Crippen molar-refractivity contribution in [3.63, 3.8) is 0 Å². The van der Waals surface area contributed by atoms with Crippen molar-refractivity contribution < 1.29 is 9.18 Å². The average Bonchev–Trinajstić information content (AvgIpc) is 3.11. The van der Waals surface area contributed by atoms with Crippen LogP contribution in [0.25, 0.3) is 10.6 Å². The molecule has 1 aliphatic rings. The lowest BCUT2D eigenvalue weighted by Crippen LogP contribution is -2.33. The van der Waals surface area contributed by atoms with Gasteiger partial charge in [-0.15, -0.1) is 11.3 Å². The minimum atomic E-state index is -0.290. The number of aryl methyl sites for hydroxylation is 1. The number of nitrogens with zero attached hydrogens (tertiary/aromatic N) is 2. The van der Waals surface area contributed by atoms with E-state index in [2.05, 4.69) is 10.3 Å². The molecule has 1 aliphatic carbocycles. The molecule has 1 N–H and O–H groups in total. The van der Waals surface area contributed by atoms with Crippen molar-refractivity contribution in [1.82, 2.24) is 15.3 Å². The van der Waals surface area contributed by atoms with Gasteiger partial charge in [0.2, 0.25) is 5.91 Å². The molecule has 4 rings (SSSR count). The first kappa shape index (κ1) is 16.8. The monoisotopic (exact) mass is 367 g/mol. The van der Waals surface area contributed by atoms with E-state index < -0.39 is 0 Å². The number of hydrogen-bond donors (Lipinski definition) is 1. The number of fused-ring (bicyclic) bond motifs is 1. The van der Waals surface area contributed by atoms with E-state index in [1.54, 1.807) is 35.7 Å². The van der Waals surface area contributed by atoms with Gasteiger partial charge in [0.15, 0.2) is 0 Å². The van der Waals surface area contributed by atoms with Crippen LogP contribution in [0.2, 0.25) is 0 Å². The first-order valence-electron chi connectivity index (χ1n) is 8.61. The van der Waals surface area contributed by atoms with E-state index in [4.69, 9.17) is 4.98 Å². The van der Waals surface area contributed by atoms with E-state index in [9.17, 15) is 9.18 Å². The molecule has 4 nitrogen and oxygen atoms in total. The number of pyridine rings is 1. The third-order valence-electron chi connectivity index (χ3n) is 4.63. The summed E-state index contributed by atoms with van der Waals surface area (Å²) < 4.78 is 13.7. The second kappa shape index (κ2) is 7.33. The average molecular weight is 367 g/mol. The number of benzene rings is 1. The van der Waals surface area contributed by atoms with E-state index in [0.29, 0.717) is 12.0 Å². The normalized spacial score (nSPS) is 16.1. The van der Waals surface area contributed by atoms with Crippen molar-refractivity contribution in [3.05, 3.63) is 70.7 Å². The van der Waals surface area contributed by atoms with Gasteiger partial charge in [-0.05, 0) is 37.5 Å². The van der Waals surface area contributed by atoms with Gasteiger partial charge in [0.1, 0.15) is 10.8 Å². The molecule has 0 spiro atoms. The molecule has 0 fully saturated rings. The molecular formula is C20H18FN3OS. The van der Waals surface area contributed by atoms with Crippen LogP contribution in [-0.2, 0) is 24.2 Å². The number of halogens is 1. The third-order valence-corrected chi connectivity index (χ3v) is 5.80. The maximum Gasteiger partial charge on any atom is 0.223 e. The summed E-state index contributed by atoms with van der Waals surface area (Å²) in [5.74, 6) is -0.394. The Balaban J connectivity index is 1.42. The van der Waals surface area contributed by atoms with Crippen LogP contribution >= 0.6 is 11.3 Å². The molecule has 0 bridgehead atoms. The van der Waals surface area contributed by atoms with E-state index in [-0.39, 0.29) is 24.2 Å². The highest BCUT2D eigenvalue weighted by molar-refractivity contribution is 7.15. The predicted octanol–water partition coefficient (Wildman–Crippen LogP) is 3.77. The molecule has 2 aromatic heterocycles. The summed E-state index contributed by atoms with van der Waals surface area (Å²) >= 11 is 1.64. The Labute approximate surface area is 155 Å². The highest BCUT2D eigenvalue weighted by Crippen LogP contribution is 2.34. The molecule has 0 saturated heterocycles. The second-order valence-corrected chi connectivity index (χ2v) is 7.46. The van der Waals surface area contributed by atoms with Crippen molar-refractivity contribution in [1.29, 1.82) is 0 Å². The first-order valence-corrected chi connectivity index (χ1v) is 9.42. The van der Waals surface area contributed by atoms with E-state index in [0.717, 1.165) is 29.1 Å². The molecule has 0 saturated carbocycles. The van der Waals surface area contributed by atoms with E-state index >= 15 is 0 Å². The number of aromatic nitrogens is 2. The maximum atomic E-state index is 13.7. The molecule has 132 valence electrons. The van der Waals surface area contributed by atoms with Gasteiger partial charge < -0.3 is 5.32 Å². The van der Waals surface area contributed by atoms with Gasteiger partial charge >= 0.3 is 0 Å². The summed E-state index contributed by atoms with van der Waals surface area (Å²) in [5, 5.41) is 3.83. The fourth-order valence-corrected chi connectivity index (χ4v) is 4.36. The Morgan fingerprint density at radius 2 is 2.15 bits per heavy atom. The summed E-state index contributed by atoms with van der Waals surface area (Å²) in [6, 6.07) is 10.4. The number of nitrogens with one attached hydrogen (secondary N) is 1. The van der Waals surface area contributed by atoms with Crippen molar-refractivity contribution in [2.45, 2.75) is 25.8 Å². The van der Waals surface area contributed by atoms with Crippen molar-refractivity contribution >= 4 is 17.2 Å².